The number of H-pyrrole nitrogens is 1. The first-order chi connectivity index (χ1) is 9.33. The Kier molecular flexibility index (Phi) is 3.20. The van der Waals surface area contributed by atoms with Gasteiger partial charge in [0.2, 0.25) is 5.95 Å². The predicted octanol–water partition coefficient (Wildman–Crippen LogP) is 1.01. The Morgan fingerprint density at radius 3 is 3.00 bits per heavy atom. The molecule has 0 unspecified atom stereocenters. The number of aromatic amines is 1. The highest BCUT2D eigenvalue weighted by atomic mass is 16.5. The van der Waals surface area contributed by atoms with Crippen molar-refractivity contribution in [2.75, 3.05) is 37.5 Å². The third-order valence-corrected chi connectivity index (χ3v) is 3.29. The van der Waals surface area contributed by atoms with Crippen molar-refractivity contribution in [2.45, 2.75) is 18.9 Å². The second-order valence-electron chi connectivity index (χ2n) is 4.64. The number of methoxy groups -OCH3 is 1. The summed E-state index contributed by atoms with van der Waals surface area (Å²) in [6.45, 7) is 1.51. The highest BCUT2D eigenvalue weighted by Crippen LogP contribution is 2.33. The highest BCUT2D eigenvalue weighted by molar-refractivity contribution is 5.84. The summed E-state index contributed by atoms with van der Waals surface area (Å²) in [5.74, 6) is 1.50. The zero-order valence-electron chi connectivity index (χ0n) is 11.2. The van der Waals surface area contributed by atoms with Gasteiger partial charge in [-0.3, -0.25) is 0 Å². The minimum Gasteiger partial charge on any atom is -0.383 e. The van der Waals surface area contributed by atoms with Crippen LogP contribution in [0.4, 0.5) is 11.8 Å². The number of ether oxygens (including phenoxy) is 1. The maximum absolute atomic E-state index is 5.20. The molecule has 0 saturated heterocycles. The van der Waals surface area contributed by atoms with Crippen LogP contribution in [0.1, 0.15) is 12.8 Å². The van der Waals surface area contributed by atoms with Crippen LogP contribution in [0.15, 0.2) is 6.33 Å². The van der Waals surface area contributed by atoms with Gasteiger partial charge in [0, 0.05) is 26.7 Å². The lowest BCUT2D eigenvalue weighted by atomic mass is 10.4. The molecule has 0 amide bonds. The minimum absolute atomic E-state index is 0.557. The molecule has 1 fully saturated rings. The van der Waals surface area contributed by atoms with Crippen molar-refractivity contribution in [3.63, 3.8) is 0 Å². The van der Waals surface area contributed by atoms with Crippen molar-refractivity contribution >= 4 is 22.9 Å². The lowest BCUT2D eigenvalue weighted by Crippen LogP contribution is -2.30. The van der Waals surface area contributed by atoms with Gasteiger partial charge in [0.1, 0.15) is 5.52 Å². The van der Waals surface area contributed by atoms with Gasteiger partial charge in [-0.05, 0) is 12.8 Å². The van der Waals surface area contributed by atoms with E-state index in [0.29, 0.717) is 24.2 Å². The van der Waals surface area contributed by atoms with E-state index in [1.807, 2.05) is 7.05 Å². The molecule has 7 heteroatoms. The van der Waals surface area contributed by atoms with Gasteiger partial charge in [0.05, 0.1) is 12.9 Å². The average molecular weight is 262 g/mol. The van der Waals surface area contributed by atoms with Crippen LogP contribution >= 0.6 is 0 Å². The van der Waals surface area contributed by atoms with E-state index in [0.717, 1.165) is 17.9 Å². The Morgan fingerprint density at radius 2 is 2.32 bits per heavy atom. The van der Waals surface area contributed by atoms with E-state index >= 15 is 0 Å². The third kappa shape index (κ3) is 2.33. The maximum Gasteiger partial charge on any atom is 0.226 e. The van der Waals surface area contributed by atoms with Crippen molar-refractivity contribution < 1.29 is 4.74 Å². The van der Waals surface area contributed by atoms with Crippen LogP contribution in [-0.2, 0) is 4.74 Å². The standard InChI is InChI=1S/C12H18N6O/c1-13-12-16-10-9(14-7-15-10)11(17-12)18(5-6-19-2)8-3-4-8/h7-8H,3-6H2,1-2H3,(H2,13,14,15,16,17). The van der Waals surface area contributed by atoms with E-state index in [9.17, 15) is 0 Å². The third-order valence-electron chi connectivity index (χ3n) is 3.29. The number of aromatic nitrogens is 4. The van der Waals surface area contributed by atoms with Gasteiger partial charge >= 0.3 is 0 Å². The molecule has 7 nitrogen and oxygen atoms in total. The molecule has 0 aromatic carbocycles. The predicted molar refractivity (Wildman–Crippen MR) is 73.5 cm³/mol. The SMILES string of the molecule is CNc1nc(N(CCOC)C2CC2)c2[nH]cnc2n1. The summed E-state index contributed by atoms with van der Waals surface area (Å²) in [7, 11) is 3.53. The van der Waals surface area contributed by atoms with Crippen molar-refractivity contribution in [3.8, 4) is 0 Å². The van der Waals surface area contributed by atoms with E-state index in [2.05, 4.69) is 30.2 Å². The van der Waals surface area contributed by atoms with Crippen LogP contribution in [-0.4, -0.2) is 53.3 Å². The molecule has 2 aromatic rings. The molecule has 1 aliphatic carbocycles. The lowest BCUT2D eigenvalue weighted by Gasteiger charge is -2.23. The summed E-state index contributed by atoms with van der Waals surface area (Å²) in [4.78, 5) is 18.6. The summed E-state index contributed by atoms with van der Waals surface area (Å²) < 4.78 is 5.20. The molecule has 0 atom stereocenters. The first kappa shape index (κ1) is 12.2. The van der Waals surface area contributed by atoms with Crippen molar-refractivity contribution in [3.05, 3.63) is 6.33 Å². The molecule has 2 N–H and O–H groups in total. The number of fused-ring (bicyclic) bond motifs is 1. The van der Waals surface area contributed by atoms with Crippen LogP contribution in [0, 0.1) is 0 Å². The highest BCUT2D eigenvalue weighted by Gasteiger charge is 2.31. The molecule has 2 heterocycles. The smallest absolute Gasteiger partial charge is 0.226 e. The summed E-state index contributed by atoms with van der Waals surface area (Å²) in [6.07, 6.45) is 4.07. The van der Waals surface area contributed by atoms with E-state index < -0.39 is 0 Å². The Balaban J connectivity index is 2.02. The van der Waals surface area contributed by atoms with Crippen LogP contribution in [0.3, 0.4) is 0 Å². The van der Waals surface area contributed by atoms with E-state index in [1.54, 1.807) is 13.4 Å². The summed E-state index contributed by atoms with van der Waals surface area (Å²) >= 11 is 0. The zero-order chi connectivity index (χ0) is 13.2. The fraction of sp³-hybridized carbons (Fsp3) is 0.583. The van der Waals surface area contributed by atoms with E-state index in [-0.39, 0.29) is 0 Å². The van der Waals surface area contributed by atoms with Gasteiger partial charge in [0.25, 0.3) is 0 Å². The van der Waals surface area contributed by atoms with Crippen molar-refractivity contribution in [2.24, 2.45) is 0 Å². The number of hydrogen-bond acceptors (Lipinski definition) is 6. The molecule has 19 heavy (non-hydrogen) atoms. The molecule has 0 radical (unpaired) electrons. The van der Waals surface area contributed by atoms with Gasteiger partial charge in [-0.15, -0.1) is 0 Å². The van der Waals surface area contributed by atoms with Gasteiger partial charge in [-0.2, -0.15) is 9.97 Å². The Labute approximate surface area is 111 Å². The Bertz CT molecular complexity index is 564. The van der Waals surface area contributed by atoms with Crippen LogP contribution in [0.2, 0.25) is 0 Å². The normalized spacial score (nSPS) is 14.8. The fourth-order valence-electron chi connectivity index (χ4n) is 2.17. The molecule has 1 saturated carbocycles. The van der Waals surface area contributed by atoms with Crippen molar-refractivity contribution in [1.82, 2.24) is 19.9 Å². The largest absolute Gasteiger partial charge is 0.383 e. The molecule has 3 rings (SSSR count). The molecule has 0 spiro atoms. The molecule has 0 aliphatic heterocycles. The van der Waals surface area contributed by atoms with Crippen LogP contribution in [0.25, 0.3) is 11.2 Å². The lowest BCUT2D eigenvalue weighted by molar-refractivity contribution is 0.205. The number of rotatable bonds is 6. The Hall–Kier alpha value is -1.89. The van der Waals surface area contributed by atoms with Crippen LogP contribution in [0.5, 0.6) is 0 Å². The monoisotopic (exact) mass is 262 g/mol. The first-order valence-electron chi connectivity index (χ1n) is 6.48. The quantitative estimate of drug-likeness (QED) is 0.809. The average Bonchev–Trinajstić information content (AvgIpc) is 3.16. The number of nitrogens with zero attached hydrogens (tertiary/aromatic N) is 4. The van der Waals surface area contributed by atoms with Gasteiger partial charge in [-0.25, -0.2) is 4.98 Å². The molecular formula is C12H18N6O. The Morgan fingerprint density at radius 1 is 1.47 bits per heavy atom. The minimum atomic E-state index is 0.557. The van der Waals surface area contributed by atoms with Gasteiger partial charge in [-0.1, -0.05) is 0 Å². The number of anilines is 2. The van der Waals surface area contributed by atoms with Crippen LogP contribution < -0.4 is 10.2 Å². The number of imidazole rings is 1. The molecule has 2 aromatic heterocycles. The van der Waals surface area contributed by atoms with Gasteiger partial charge in [0.15, 0.2) is 11.5 Å². The second-order valence-corrected chi connectivity index (χ2v) is 4.64. The molecular weight excluding hydrogens is 244 g/mol. The topological polar surface area (TPSA) is 79.0 Å². The second kappa shape index (κ2) is 5.00. The summed E-state index contributed by atoms with van der Waals surface area (Å²) in [5, 5.41) is 2.99. The first-order valence-corrected chi connectivity index (χ1v) is 6.48. The number of hydrogen-bond donors (Lipinski definition) is 2. The van der Waals surface area contributed by atoms with Gasteiger partial charge < -0.3 is 19.9 Å². The number of nitrogens with one attached hydrogen (secondary N) is 2. The van der Waals surface area contributed by atoms with E-state index in [1.165, 1.54) is 12.8 Å². The fourth-order valence-corrected chi connectivity index (χ4v) is 2.17. The zero-order valence-corrected chi connectivity index (χ0v) is 11.2. The molecule has 1 aliphatic rings. The van der Waals surface area contributed by atoms with E-state index in [4.69, 9.17) is 4.74 Å². The molecule has 0 bridgehead atoms. The molecule has 102 valence electrons. The van der Waals surface area contributed by atoms with Crippen molar-refractivity contribution in [1.29, 1.82) is 0 Å². The maximum atomic E-state index is 5.20. The summed E-state index contributed by atoms with van der Waals surface area (Å²) in [5.41, 5.74) is 1.58. The summed E-state index contributed by atoms with van der Waals surface area (Å²) in [6, 6.07) is 0.557.